The van der Waals surface area contributed by atoms with Crippen molar-refractivity contribution in [3.05, 3.63) is 12.7 Å². The van der Waals surface area contributed by atoms with Gasteiger partial charge in [-0.05, 0) is 6.92 Å². The number of hydrogen-bond acceptors (Lipinski definition) is 32. The molecule has 0 radical (unpaired) electrons. The SMILES string of the molecule is CC(C)(COP(=O)([O-])OP(=O)([O-])OCC1OC(C)(n2cnc3c(N)ncnc32)C(O)C1OP(=O)([O-])[O-])C(O)C(=O)NCCC(=O)NCCSCC(=O)NCC1OC(OC2C(N)OC(N)C(O)C2O)C(N)C(O)C1O. The standard InChI is InChI=1S/C35H62N11O24P3S/c1-34(2,11-64-73(61,62)70-72(59,60)63-9-15-24(69-71(56,57)58)26(53)35(3,68-15)46-13-45-19-28(37)43-12-44-31(19)46)27(54)32(55)41-5-4-16(47)40-6-7-74-10-17(48)42-8-14-20(49)21(50)18(36)33(65-14)66-25-22(51)23(52)29(38)67-30(25)39/h12-15,18,20-27,29-30,33,49-54H,4-11,36,38-39H2,1-3H3,(H,40,47)(H,41,55)(H,42,48)(H,59,60)(H,61,62)(H2,37,43,44)(H2,56,57,58)/p-4. The summed E-state index contributed by atoms with van der Waals surface area (Å²) in [6.45, 7) is 0.518. The molecule has 0 bridgehead atoms. The molecule has 39 heteroatoms. The van der Waals surface area contributed by atoms with E-state index in [4.69, 9.17) is 41.9 Å². The average Bonchev–Trinajstić information content (AvgIpc) is 3.86. The molecule has 17 unspecified atom stereocenters. The maximum absolute atomic E-state index is 12.7. The highest BCUT2D eigenvalue weighted by Gasteiger charge is 2.55. The molecule has 0 aromatic carbocycles. The number of aliphatic hydroxyl groups excluding tert-OH is 6. The predicted molar refractivity (Wildman–Crippen MR) is 238 cm³/mol. The zero-order valence-corrected chi connectivity index (χ0v) is 42.8. The van der Waals surface area contributed by atoms with Crippen molar-refractivity contribution in [2.45, 2.75) is 119 Å². The van der Waals surface area contributed by atoms with Gasteiger partial charge in [0, 0.05) is 37.2 Å². The van der Waals surface area contributed by atoms with Gasteiger partial charge in [0.15, 0.2) is 23.5 Å². The number of carbonyl (C=O) groups excluding carboxylic acids is 3. The first-order chi connectivity index (χ1) is 34.3. The number of aromatic nitrogens is 4. The summed E-state index contributed by atoms with van der Waals surface area (Å²) < 4.78 is 77.7. The molecule has 5 heterocycles. The van der Waals surface area contributed by atoms with Crippen LogP contribution in [0.2, 0.25) is 0 Å². The van der Waals surface area contributed by atoms with Crippen LogP contribution in [-0.4, -0.2) is 198 Å². The number of phosphoric acid groups is 3. The molecule has 3 amide bonds. The van der Waals surface area contributed by atoms with Crippen molar-refractivity contribution in [3.63, 3.8) is 0 Å². The number of hydrogen-bond donors (Lipinski definition) is 13. The Hall–Kier alpha value is -3.04. The Bertz CT molecular complexity index is 2420. The third-order valence-electron chi connectivity index (χ3n) is 11.5. The molecule has 17 N–H and O–H groups in total. The number of imidazole rings is 1. The summed E-state index contributed by atoms with van der Waals surface area (Å²) in [5, 5.41) is 70.5. The van der Waals surface area contributed by atoms with Crippen LogP contribution in [0.5, 0.6) is 0 Å². The van der Waals surface area contributed by atoms with Crippen molar-refractivity contribution in [2.75, 3.05) is 50.1 Å². The Morgan fingerprint density at radius 2 is 1.55 bits per heavy atom. The lowest BCUT2D eigenvalue weighted by Crippen LogP contribution is -2.68. The molecular weight excluding hydrogens is 1080 g/mol. The lowest BCUT2D eigenvalue weighted by molar-refractivity contribution is -0.347. The molecule has 3 aliphatic heterocycles. The number of nitrogens with one attached hydrogen (secondary N) is 3. The number of aliphatic hydroxyl groups is 6. The molecule has 74 heavy (non-hydrogen) atoms. The maximum Gasteiger partial charge on any atom is 0.274 e. The first kappa shape index (κ1) is 61.8. The quantitative estimate of drug-likeness (QED) is 0.0324. The zero-order chi connectivity index (χ0) is 55.3. The minimum atomic E-state index is -5.99. The van der Waals surface area contributed by atoms with Gasteiger partial charge in [-0.2, -0.15) is 11.8 Å². The number of nitrogen functional groups attached to an aromatic ring is 1. The molecule has 2 aromatic rings. The number of nitrogens with two attached hydrogens (primary N) is 4. The van der Waals surface area contributed by atoms with Crippen LogP contribution in [0.15, 0.2) is 12.7 Å². The van der Waals surface area contributed by atoms with Crippen LogP contribution in [0.3, 0.4) is 0 Å². The fraction of sp³-hybridized carbons (Fsp3) is 0.771. The second kappa shape index (κ2) is 25.2. The highest BCUT2D eigenvalue weighted by atomic mass is 32.2. The minimum Gasteiger partial charge on any atom is -0.790 e. The molecule has 2 aromatic heterocycles. The molecular formula is C35H58N11O24P3S-4. The van der Waals surface area contributed by atoms with Gasteiger partial charge in [0.05, 0.1) is 39.2 Å². The van der Waals surface area contributed by atoms with E-state index in [-0.39, 0.29) is 54.5 Å². The van der Waals surface area contributed by atoms with E-state index < -0.39 is 151 Å². The highest BCUT2D eigenvalue weighted by molar-refractivity contribution is 7.99. The summed E-state index contributed by atoms with van der Waals surface area (Å²) >= 11 is 1.10. The van der Waals surface area contributed by atoms with Crippen molar-refractivity contribution in [1.82, 2.24) is 35.5 Å². The Balaban J connectivity index is 0.986. The third kappa shape index (κ3) is 15.8. The number of rotatable bonds is 25. The van der Waals surface area contributed by atoms with Crippen molar-refractivity contribution in [3.8, 4) is 0 Å². The number of amides is 3. The second-order valence-electron chi connectivity index (χ2n) is 17.7. The molecule has 3 fully saturated rings. The Labute approximate surface area is 423 Å². The first-order valence-electron chi connectivity index (χ1n) is 21.9. The lowest BCUT2D eigenvalue weighted by atomic mass is 9.87. The molecule has 35 nitrogen and oxygen atoms in total. The molecule has 0 spiro atoms. The van der Waals surface area contributed by atoms with E-state index in [1.165, 1.54) is 0 Å². The Morgan fingerprint density at radius 1 is 0.878 bits per heavy atom. The summed E-state index contributed by atoms with van der Waals surface area (Å²) in [4.78, 5) is 97.8. The van der Waals surface area contributed by atoms with Gasteiger partial charge >= 0.3 is 0 Å². The predicted octanol–water partition coefficient (Wildman–Crippen LogP) is -9.62. The van der Waals surface area contributed by atoms with E-state index in [1.807, 2.05) is 0 Å². The molecule has 3 saturated heterocycles. The minimum absolute atomic E-state index is 0.0122. The van der Waals surface area contributed by atoms with Gasteiger partial charge in [0.25, 0.3) is 15.6 Å². The first-order valence-corrected chi connectivity index (χ1v) is 27.5. The third-order valence-corrected chi connectivity index (χ3v) is 15.5. The van der Waals surface area contributed by atoms with Crippen molar-refractivity contribution < 1.29 is 115 Å². The Morgan fingerprint density at radius 3 is 2.23 bits per heavy atom. The van der Waals surface area contributed by atoms with Crippen LogP contribution in [-0.2, 0) is 70.6 Å². The summed E-state index contributed by atoms with van der Waals surface area (Å²) in [6.07, 6.45) is -19.5. The van der Waals surface area contributed by atoms with Gasteiger partial charge in [-0.25, -0.2) is 19.3 Å². The number of ether oxygens (including phenoxy) is 4. The highest BCUT2D eigenvalue weighted by Crippen LogP contribution is 2.57. The topological polar surface area (TPSA) is 574 Å². The van der Waals surface area contributed by atoms with E-state index in [2.05, 4.69) is 48.8 Å². The van der Waals surface area contributed by atoms with Gasteiger partial charge in [-0.15, -0.1) is 0 Å². The van der Waals surface area contributed by atoms with Crippen molar-refractivity contribution >= 4 is 69.9 Å². The van der Waals surface area contributed by atoms with E-state index in [0.29, 0.717) is 0 Å². The molecule has 5 rings (SSSR count). The van der Waals surface area contributed by atoms with Crippen LogP contribution < -0.4 is 58.5 Å². The van der Waals surface area contributed by atoms with Crippen LogP contribution >= 0.6 is 35.2 Å². The molecule has 17 atom stereocenters. The van der Waals surface area contributed by atoms with Gasteiger partial charge in [0.2, 0.25) is 17.7 Å². The number of nitrogens with zero attached hydrogens (tertiary/aromatic N) is 4. The summed E-state index contributed by atoms with van der Waals surface area (Å²) in [7, 11) is -17.8. The summed E-state index contributed by atoms with van der Waals surface area (Å²) in [5.74, 6) is -2.17. The molecule has 3 aliphatic rings. The van der Waals surface area contributed by atoms with Crippen LogP contribution in [0, 0.1) is 5.41 Å². The normalized spacial score (nSPS) is 32.8. The number of thioether (sulfide) groups is 1. The number of anilines is 1. The van der Waals surface area contributed by atoms with E-state index in [9.17, 15) is 78.3 Å². The molecule has 0 aliphatic carbocycles. The van der Waals surface area contributed by atoms with Gasteiger partial charge < -0.3 is 126 Å². The molecule has 422 valence electrons. The number of phosphoric ester groups is 3. The summed E-state index contributed by atoms with van der Waals surface area (Å²) in [6, 6.07) is -1.34. The lowest BCUT2D eigenvalue weighted by Gasteiger charge is -2.45. The maximum atomic E-state index is 12.7. The summed E-state index contributed by atoms with van der Waals surface area (Å²) in [5.41, 5.74) is 19.2. The van der Waals surface area contributed by atoms with Crippen molar-refractivity contribution in [1.29, 1.82) is 0 Å². The number of fused-ring (bicyclic) bond motifs is 1. The largest absolute Gasteiger partial charge is 0.790 e. The Kier molecular flexibility index (Phi) is 21.0. The van der Waals surface area contributed by atoms with E-state index >= 15 is 0 Å². The fourth-order valence-corrected chi connectivity index (χ4v) is 10.8. The smallest absolute Gasteiger partial charge is 0.274 e. The van der Waals surface area contributed by atoms with E-state index in [0.717, 1.165) is 49.8 Å². The van der Waals surface area contributed by atoms with Gasteiger partial charge in [-0.3, -0.25) is 28.1 Å². The van der Waals surface area contributed by atoms with Crippen LogP contribution in [0.4, 0.5) is 5.82 Å². The average molecular weight is 1140 g/mol. The molecule has 0 saturated carbocycles. The van der Waals surface area contributed by atoms with Crippen molar-refractivity contribution in [2.24, 2.45) is 22.6 Å². The van der Waals surface area contributed by atoms with Crippen LogP contribution in [0.1, 0.15) is 27.2 Å². The monoisotopic (exact) mass is 1140 g/mol. The van der Waals surface area contributed by atoms with E-state index in [1.54, 1.807) is 0 Å². The zero-order valence-electron chi connectivity index (χ0n) is 39.3. The van der Waals surface area contributed by atoms with Gasteiger partial charge in [0.1, 0.15) is 85.3 Å². The second-order valence-corrected chi connectivity index (χ2v) is 22.8. The van der Waals surface area contributed by atoms with Crippen LogP contribution in [0.25, 0.3) is 11.2 Å². The number of carbonyl (C=O) groups is 3. The van der Waals surface area contributed by atoms with Gasteiger partial charge in [-0.1, -0.05) is 13.8 Å². The fourth-order valence-electron chi connectivity index (χ4n) is 7.40.